The van der Waals surface area contributed by atoms with Gasteiger partial charge in [0.25, 0.3) is 5.91 Å². The van der Waals surface area contributed by atoms with E-state index in [0.29, 0.717) is 11.4 Å². The summed E-state index contributed by atoms with van der Waals surface area (Å²) in [6.07, 6.45) is 3.36. The first-order valence-electron chi connectivity index (χ1n) is 10.1. The van der Waals surface area contributed by atoms with Crippen molar-refractivity contribution < 1.29 is 14.0 Å². The molecule has 158 valence electrons. The number of nitrogens with one attached hydrogen (secondary N) is 2. The average molecular weight is 416 g/mol. The van der Waals surface area contributed by atoms with E-state index in [2.05, 4.69) is 15.7 Å². The Balaban J connectivity index is 1.53. The van der Waals surface area contributed by atoms with Gasteiger partial charge in [0.1, 0.15) is 11.6 Å². The lowest BCUT2D eigenvalue weighted by Gasteiger charge is -2.13. The van der Waals surface area contributed by atoms with Crippen molar-refractivity contribution in [3.05, 3.63) is 77.3 Å². The van der Waals surface area contributed by atoms with Gasteiger partial charge in [0.15, 0.2) is 5.76 Å². The normalized spacial score (nSPS) is 12.0. The summed E-state index contributed by atoms with van der Waals surface area (Å²) in [7, 11) is 0. The molecule has 0 saturated heterocycles. The fourth-order valence-corrected chi connectivity index (χ4v) is 3.63. The first kappa shape index (κ1) is 20.4. The standard InChI is InChI=1S/C24H24N4O3/c1-14-9-10-15(2)21-20(14)16(3)22(31-21)24(30)27-19-8-5-7-18(13-19)26-23(29)17(4)28-12-6-11-25-28/h5-13,17H,1-4H3,(H,26,29)(H,27,30). The Morgan fingerprint density at radius 2 is 1.71 bits per heavy atom. The third-order valence-electron chi connectivity index (χ3n) is 5.38. The summed E-state index contributed by atoms with van der Waals surface area (Å²) in [6.45, 7) is 7.62. The van der Waals surface area contributed by atoms with Crippen LogP contribution < -0.4 is 10.6 Å². The molecular weight excluding hydrogens is 392 g/mol. The quantitative estimate of drug-likeness (QED) is 0.479. The van der Waals surface area contributed by atoms with Crippen molar-refractivity contribution in [2.75, 3.05) is 10.6 Å². The van der Waals surface area contributed by atoms with E-state index in [1.54, 1.807) is 54.3 Å². The van der Waals surface area contributed by atoms with Crippen LogP contribution in [0.1, 0.15) is 40.2 Å². The molecule has 1 atom stereocenters. The smallest absolute Gasteiger partial charge is 0.291 e. The number of nitrogens with zero attached hydrogens (tertiary/aromatic N) is 2. The number of carbonyl (C=O) groups is 2. The van der Waals surface area contributed by atoms with Gasteiger partial charge in [-0.25, -0.2) is 0 Å². The Labute approximate surface area is 180 Å². The molecule has 0 saturated carbocycles. The Morgan fingerprint density at radius 3 is 2.39 bits per heavy atom. The molecule has 0 aliphatic carbocycles. The summed E-state index contributed by atoms with van der Waals surface area (Å²) >= 11 is 0. The maximum Gasteiger partial charge on any atom is 0.291 e. The second-order valence-electron chi connectivity index (χ2n) is 7.65. The van der Waals surface area contributed by atoms with Gasteiger partial charge in [-0.1, -0.05) is 18.2 Å². The topological polar surface area (TPSA) is 89.2 Å². The van der Waals surface area contributed by atoms with Gasteiger partial charge in [0, 0.05) is 34.7 Å². The number of fused-ring (bicyclic) bond motifs is 1. The lowest BCUT2D eigenvalue weighted by Crippen LogP contribution is -2.24. The van der Waals surface area contributed by atoms with Crippen LogP contribution in [-0.4, -0.2) is 21.6 Å². The number of amides is 2. The molecule has 31 heavy (non-hydrogen) atoms. The number of hydrogen-bond acceptors (Lipinski definition) is 4. The van der Waals surface area contributed by atoms with E-state index >= 15 is 0 Å². The molecule has 2 amide bonds. The van der Waals surface area contributed by atoms with E-state index in [-0.39, 0.29) is 17.6 Å². The second-order valence-corrected chi connectivity index (χ2v) is 7.65. The van der Waals surface area contributed by atoms with Crippen molar-refractivity contribution in [2.24, 2.45) is 0 Å². The van der Waals surface area contributed by atoms with Gasteiger partial charge >= 0.3 is 0 Å². The highest BCUT2D eigenvalue weighted by molar-refractivity contribution is 6.07. The summed E-state index contributed by atoms with van der Waals surface area (Å²) in [5.74, 6) is -0.249. The number of rotatable bonds is 5. The van der Waals surface area contributed by atoms with Crippen LogP contribution in [0.2, 0.25) is 0 Å². The zero-order chi connectivity index (χ0) is 22.1. The van der Waals surface area contributed by atoms with Crippen LogP contribution in [-0.2, 0) is 4.79 Å². The van der Waals surface area contributed by atoms with E-state index in [9.17, 15) is 9.59 Å². The Morgan fingerprint density at radius 1 is 1.00 bits per heavy atom. The lowest BCUT2D eigenvalue weighted by atomic mass is 10.0. The van der Waals surface area contributed by atoms with Gasteiger partial charge < -0.3 is 15.1 Å². The van der Waals surface area contributed by atoms with Gasteiger partial charge in [0.05, 0.1) is 0 Å². The maximum absolute atomic E-state index is 12.9. The van der Waals surface area contributed by atoms with E-state index in [0.717, 1.165) is 27.7 Å². The molecule has 1 unspecified atom stereocenters. The zero-order valence-electron chi connectivity index (χ0n) is 17.9. The fourth-order valence-electron chi connectivity index (χ4n) is 3.63. The average Bonchev–Trinajstić information content (AvgIpc) is 3.39. The molecule has 0 radical (unpaired) electrons. The van der Waals surface area contributed by atoms with Crippen LogP contribution in [0.3, 0.4) is 0 Å². The highest BCUT2D eigenvalue weighted by atomic mass is 16.3. The molecule has 0 aliphatic heterocycles. The molecule has 0 spiro atoms. The third-order valence-corrected chi connectivity index (χ3v) is 5.38. The van der Waals surface area contributed by atoms with Crippen LogP contribution in [0.15, 0.2) is 59.3 Å². The Kier molecular flexibility index (Phi) is 5.33. The number of carbonyl (C=O) groups excluding carboxylic acids is 2. The number of furan rings is 1. The van der Waals surface area contributed by atoms with Gasteiger partial charge in [-0.2, -0.15) is 5.10 Å². The minimum absolute atomic E-state index is 0.203. The number of hydrogen-bond donors (Lipinski definition) is 2. The zero-order valence-corrected chi connectivity index (χ0v) is 17.9. The van der Waals surface area contributed by atoms with Crippen LogP contribution in [0.25, 0.3) is 11.0 Å². The summed E-state index contributed by atoms with van der Waals surface area (Å²) in [5.41, 5.74) is 4.73. The number of anilines is 2. The van der Waals surface area contributed by atoms with Gasteiger partial charge in [-0.15, -0.1) is 0 Å². The van der Waals surface area contributed by atoms with Crippen molar-refractivity contribution >= 4 is 34.2 Å². The van der Waals surface area contributed by atoms with Crippen molar-refractivity contribution in [3.8, 4) is 0 Å². The van der Waals surface area contributed by atoms with Crippen molar-refractivity contribution in [1.29, 1.82) is 0 Å². The minimum atomic E-state index is -0.460. The van der Waals surface area contributed by atoms with E-state index in [1.165, 1.54) is 0 Å². The predicted octanol–water partition coefficient (Wildman–Crippen LogP) is 5.01. The van der Waals surface area contributed by atoms with Gasteiger partial charge in [-0.3, -0.25) is 14.3 Å². The molecule has 2 aromatic carbocycles. The second kappa shape index (κ2) is 8.10. The summed E-state index contributed by atoms with van der Waals surface area (Å²) in [6, 6.07) is 12.3. The van der Waals surface area contributed by atoms with Gasteiger partial charge in [-0.05, 0) is 63.1 Å². The van der Waals surface area contributed by atoms with Crippen LogP contribution in [0.4, 0.5) is 11.4 Å². The van der Waals surface area contributed by atoms with Crippen LogP contribution >= 0.6 is 0 Å². The largest absolute Gasteiger partial charge is 0.450 e. The number of aromatic nitrogens is 2. The molecule has 2 N–H and O–H groups in total. The molecule has 0 aliphatic rings. The first-order chi connectivity index (χ1) is 14.8. The predicted molar refractivity (Wildman–Crippen MR) is 120 cm³/mol. The molecule has 2 heterocycles. The summed E-state index contributed by atoms with van der Waals surface area (Å²) < 4.78 is 7.50. The molecule has 2 aromatic heterocycles. The van der Waals surface area contributed by atoms with Crippen LogP contribution in [0, 0.1) is 20.8 Å². The molecule has 4 aromatic rings. The SMILES string of the molecule is Cc1ccc(C)c2c(C)c(C(=O)Nc3cccc(NC(=O)C(C)n4cccn4)c3)oc12. The first-order valence-corrected chi connectivity index (χ1v) is 10.1. The summed E-state index contributed by atoms with van der Waals surface area (Å²) in [5, 5.41) is 10.8. The van der Waals surface area contributed by atoms with Crippen molar-refractivity contribution in [2.45, 2.75) is 33.7 Å². The molecule has 7 heteroatoms. The Bertz CT molecular complexity index is 1270. The molecule has 0 fully saturated rings. The number of aryl methyl sites for hydroxylation is 3. The van der Waals surface area contributed by atoms with Gasteiger partial charge in [0.2, 0.25) is 5.91 Å². The van der Waals surface area contributed by atoms with Crippen LogP contribution in [0.5, 0.6) is 0 Å². The molecular formula is C24H24N4O3. The summed E-state index contributed by atoms with van der Waals surface area (Å²) in [4.78, 5) is 25.4. The molecule has 4 rings (SSSR count). The molecule has 7 nitrogen and oxygen atoms in total. The van der Waals surface area contributed by atoms with Crippen molar-refractivity contribution in [3.63, 3.8) is 0 Å². The highest BCUT2D eigenvalue weighted by Crippen LogP contribution is 2.31. The highest BCUT2D eigenvalue weighted by Gasteiger charge is 2.20. The van der Waals surface area contributed by atoms with E-state index in [4.69, 9.17) is 4.42 Å². The molecule has 0 bridgehead atoms. The van der Waals surface area contributed by atoms with E-state index < -0.39 is 6.04 Å². The number of benzene rings is 2. The lowest BCUT2D eigenvalue weighted by molar-refractivity contribution is -0.119. The maximum atomic E-state index is 12.9. The Hall–Kier alpha value is -3.87. The third kappa shape index (κ3) is 3.94. The van der Waals surface area contributed by atoms with Crippen molar-refractivity contribution in [1.82, 2.24) is 9.78 Å². The monoisotopic (exact) mass is 416 g/mol. The minimum Gasteiger partial charge on any atom is -0.450 e. The fraction of sp³-hybridized carbons (Fsp3) is 0.208. The van der Waals surface area contributed by atoms with E-state index in [1.807, 2.05) is 32.9 Å².